The van der Waals surface area contributed by atoms with Crippen LogP contribution in [0.1, 0.15) is 22.3 Å². The van der Waals surface area contributed by atoms with E-state index < -0.39 is 0 Å². The van der Waals surface area contributed by atoms with Gasteiger partial charge in [0, 0.05) is 21.9 Å². The van der Waals surface area contributed by atoms with Crippen LogP contribution in [0, 0.1) is 0 Å². The first-order valence-electron chi connectivity index (χ1n) is 14.9. The van der Waals surface area contributed by atoms with E-state index in [0.717, 1.165) is 12.8 Å². The first kappa shape index (κ1) is 23.6. The molecule has 0 aliphatic heterocycles. The number of benzene rings is 7. The standard InChI is InChI=1S/C41H29N/c1-2-14-31-27-41(26-30(31)13-1)37-20-8-7-19-35(37)36-24-23-32(25-38(36)41)42(39-21-9-15-28-11-3-5-17-33(28)39)40-22-10-16-29-12-4-6-18-34(29)40/h1-25H,26-27H2. The SMILES string of the molecule is c1ccc2c(c1)CC1(C2)c2ccccc2-c2ccc(N(c3cccc4ccccc34)c3cccc4ccccc34)cc21. The molecule has 1 spiro atoms. The largest absolute Gasteiger partial charge is 0.309 e. The van der Waals surface area contributed by atoms with Crippen molar-refractivity contribution in [1.82, 2.24) is 0 Å². The van der Waals surface area contributed by atoms with Crippen LogP contribution >= 0.6 is 0 Å². The van der Waals surface area contributed by atoms with Gasteiger partial charge in [-0.15, -0.1) is 0 Å². The topological polar surface area (TPSA) is 3.24 Å². The number of fused-ring (bicyclic) bond motifs is 8. The van der Waals surface area contributed by atoms with E-state index in [9.17, 15) is 0 Å². The summed E-state index contributed by atoms with van der Waals surface area (Å²) in [7, 11) is 0. The van der Waals surface area contributed by atoms with Crippen molar-refractivity contribution in [2.45, 2.75) is 18.3 Å². The molecule has 0 saturated heterocycles. The highest BCUT2D eigenvalue weighted by Crippen LogP contribution is 2.56. The minimum Gasteiger partial charge on any atom is -0.309 e. The fraction of sp³-hybridized carbons (Fsp3) is 0.0732. The summed E-state index contributed by atoms with van der Waals surface area (Å²) in [5, 5.41) is 4.99. The summed E-state index contributed by atoms with van der Waals surface area (Å²) < 4.78 is 0. The molecule has 0 saturated carbocycles. The molecule has 0 atom stereocenters. The highest BCUT2D eigenvalue weighted by Gasteiger charge is 2.47. The summed E-state index contributed by atoms with van der Waals surface area (Å²) in [4.78, 5) is 2.49. The Hall–Kier alpha value is -5.14. The number of hydrogen-bond acceptors (Lipinski definition) is 1. The molecule has 0 N–H and O–H groups in total. The molecule has 0 heterocycles. The van der Waals surface area contributed by atoms with Gasteiger partial charge >= 0.3 is 0 Å². The van der Waals surface area contributed by atoms with Gasteiger partial charge in [-0.05, 0) is 81.3 Å². The molecule has 42 heavy (non-hydrogen) atoms. The molecule has 1 heteroatoms. The lowest BCUT2D eigenvalue weighted by atomic mass is 9.75. The van der Waals surface area contributed by atoms with Crippen molar-refractivity contribution < 1.29 is 0 Å². The summed E-state index contributed by atoms with van der Waals surface area (Å²) in [5.74, 6) is 0. The third kappa shape index (κ3) is 3.31. The van der Waals surface area contributed by atoms with E-state index in [-0.39, 0.29) is 5.41 Å². The van der Waals surface area contributed by atoms with Gasteiger partial charge in [0.2, 0.25) is 0 Å². The molecule has 0 radical (unpaired) electrons. The molecule has 198 valence electrons. The van der Waals surface area contributed by atoms with Crippen molar-refractivity contribution in [1.29, 1.82) is 0 Å². The van der Waals surface area contributed by atoms with Crippen molar-refractivity contribution in [2.24, 2.45) is 0 Å². The zero-order valence-electron chi connectivity index (χ0n) is 23.3. The quantitative estimate of drug-likeness (QED) is 0.217. The van der Waals surface area contributed by atoms with E-state index in [1.54, 1.807) is 0 Å². The summed E-state index contributed by atoms with van der Waals surface area (Å²) >= 11 is 0. The van der Waals surface area contributed by atoms with Crippen LogP contribution in [0.2, 0.25) is 0 Å². The Labute approximate surface area is 246 Å². The smallest absolute Gasteiger partial charge is 0.0540 e. The van der Waals surface area contributed by atoms with Crippen LogP contribution in [0.25, 0.3) is 32.7 Å². The molecular formula is C41H29N. The van der Waals surface area contributed by atoms with E-state index >= 15 is 0 Å². The Kier molecular flexibility index (Phi) is 5.01. The average Bonchev–Trinajstić information content (AvgIpc) is 3.57. The molecular weight excluding hydrogens is 506 g/mol. The summed E-state index contributed by atoms with van der Waals surface area (Å²) in [6, 6.07) is 56.2. The van der Waals surface area contributed by atoms with Gasteiger partial charge in [-0.1, -0.05) is 127 Å². The Morgan fingerprint density at radius 3 is 1.62 bits per heavy atom. The molecule has 0 aromatic heterocycles. The normalized spacial score (nSPS) is 14.2. The van der Waals surface area contributed by atoms with Gasteiger partial charge in [-0.3, -0.25) is 0 Å². The van der Waals surface area contributed by atoms with E-state index in [2.05, 4.69) is 157 Å². The van der Waals surface area contributed by atoms with Crippen molar-refractivity contribution >= 4 is 38.6 Å². The van der Waals surface area contributed by atoms with Gasteiger partial charge in [0.25, 0.3) is 0 Å². The Morgan fingerprint density at radius 2 is 0.952 bits per heavy atom. The van der Waals surface area contributed by atoms with Gasteiger partial charge in [0.1, 0.15) is 0 Å². The highest BCUT2D eigenvalue weighted by atomic mass is 15.1. The minimum absolute atomic E-state index is 0.0468. The monoisotopic (exact) mass is 535 g/mol. The molecule has 9 rings (SSSR count). The van der Waals surface area contributed by atoms with Crippen molar-refractivity contribution in [2.75, 3.05) is 4.90 Å². The van der Waals surface area contributed by atoms with Gasteiger partial charge in [0.05, 0.1) is 11.4 Å². The number of hydrogen-bond donors (Lipinski definition) is 0. The van der Waals surface area contributed by atoms with E-state index in [0.29, 0.717) is 0 Å². The molecule has 2 aliphatic rings. The maximum absolute atomic E-state index is 2.50. The van der Waals surface area contributed by atoms with Crippen molar-refractivity contribution in [3.63, 3.8) is 0 Å². The van der Waals surface area contributed by atoms with Crippen LogP contribution in [0.3, 0.4) is 0 Å². The third-order valence-corrected chi connectivity index (χ3v) is 9.63. The molecule has 0 unspecified atom stereocenters. The Balaban J connectivity index is 1.32. The van der Waals surface area contributed by atoms with Crippen LogP contribution in [0.5, 0.6) is 0 Å². The molecule has 2 aliphatic carbocycles. The van der Waals surface area contributed by atoms with Gasteiger partial charge in [-0.25, -0.2) is 0 Å². The zero-order chi connectivity index (χ0) is 27.7. The summed E-state index contributed by atoms with van der Waals surface area (Å²) in [6.07, 6.45) is 2.08. The molecule has 0 amide bonds. The van der Waals surface area contributed by atoms with E-state index in [1.165, 1.54) is 72.0 Å². The lowest BCUT2D eigenvalue weighted by Gasteiger charge is -2.31. The van der Waals surface area contributed by atoms with Crippen molar-refractivity contribution in [3.05, 3.63) is 174 Å². The summed E-state index contributed by atoms with van der Waals surface area (Å²) in [6.45, 7) is 0. The number of rotatable bonds is 3. The van der Waals surface area contributed by atoms with E-state index in [4.69, 9.17) is 0 Å². The second-order valence-electron chi connectivity index (χ2n) is 11.8. The fourth-order valence-electron chi connectivity index (χ4n) is 7.79. The van der Waals surface area contributed by atoms with Crippen LogP contribution < -0.4 is 4.90 Å². The Morgan fingerprint density at radius 1 is 0.429 bits per heavy atom. The molecule has 0 fully saturated rings. The van der Waals surface area contributed by atoms with Crippen LogP contribution in [-0.4, -0.2) is 0 Å². The minimum atomic E-state index is -0.0468. The second-order valence-corrected chi connectivity index (χ2v) is 11.8. The summed E-state index contributed by atoms with van der Waals surface area (Å²) in [5.41, 5.74) is 12.2. The van der Waals surface area contributed by atoms with Crippen molar-refractivity contribution in [3.8, 4) is 11.1 Å². The first-order chi connectivity index (χ1) is 20.8. The maximum Gasteiger partial charge on any atom is 0.0540 e. The predicted molar refractivity (Wildman–Crippen MR) is 176 cm³/mol. The molecule has 7 aromatic carbocycles. The molecule has 0 bridgehead atoms. The maximum atomic E-state index is 2.50. The van der Waals surface area contributed by atoms with Crippen LogP contribution in [-0.2, 0) is 18.3 Å². The third-order valence-electron chi connectivity index (χ3n) is 9.63. The number of anilines is 3. The second kappa shape index (κ2) is 8.93. The predicted octanol–water partition coefficient (Wildman–Crippen LogP) is 10.5. The fourth-order valence-corrected chi connectivity index (χ4v) is 7.79. The average molecular weight is 536 g/mol. The molecule has 7 aromatic rings. The zero-order valence-corrected chi connectivity index (χ0v) is 23.3. The molecule has 1 nitrogen and oxygen atoms in total. The highest BCUT2D eigenvalue weighted by molar-refractivity contribution is 6.05. The van der Waals surface area contributed by atoms with Crippen LogP contribution in [0.15, 0.2) is 152 Å². The van der Waals surface area contributed by atoms with Gasteiger partial charge in [0.15, 0.2) is 0 Å². The number of nitrogens with zero attached hydrogens (tertiary/aromatic N) is 1. The van der Waals surface area contributed by atoms with Crippen LogP contribution in [0.4, 0.5) is 17.1 Å². The lowest BCUT2D eigenvalue weighted by Crippen LogP contribution is -2.26. The van der Waals surface area contributed by atoms with E-state index in [1.807, 2.05) is 0 Å². The van der Waals surface area contributed by atoms with Gasteiger partial charge in [-0.2, -0.15) is 0 Å². The van der Waals surface area contributed by atoms with Gasteiger partial charge < -0.3 is 4.90 Å². The Bertz CT molecular complexity index is 2060. The first-order valence-corrected chi connectivity index (χ1v) is 14.9. The lowest BCUT2D eigenvalue weighted by molar-refractivity contribution is 0.563.